The van der Waals surface area contributed by atoms with Gasteiger partial charge in [0.2, 0.25) is 5.91 Å². The second kappa shape index (κ2) is 8.17. The van der Waals surface area contributed by atoms with Crippen LogP contribution in [0.15, 0.2) is 60.7 Å². The first-order valence-corrected chi connectivity index (χ1v) is 7.46. The molecule has 0 bridgehead atoms. The highest BCUT2D eigenvalue weighted by atomic mass is 19.4. The second-order valence-electron chi connectivity index (χ2n) is 5.24. The maximum Gasteiger partial charge on any atom is 0.418 e. The van der Waals surface area contributed by atoms with Crippen molar-refractivity contribution in [1.82, 2.24) is 0 Å². The van der Waals surface area contributed by atoms with E-state index in [2.05, 4.69) is 10.6 Å². The number of carbonyl (C=O) groups is 3. The van der Waals surface area contributed by atoms with E-state index >= 15 is 0 Å². The lowest BCUT2D eigenvalue weighted by Gasteiger charge is -2.13. The fraction of sp³-hybridized carbons (Fsp3) is 0.0556. The van der Waals surface area contributed by atoms with Crippen LogP contribution in [0, 0.1) is 0 Å². The first kappa shape index (κ1) is 19.7. The van der Waals surface area contributed by atoms with Crippen molar-refractivity contribution < 1.29 is 32.7 Å². The van der Waals surface area contributed by atoms with E-state index < -0.39 is 35.2 Å². The predicted molar refractivity (Wildman–Crippen MR) is 91.2 cm³/mol. The van der Waals surface area contributed by atoms with E-state index in [1.165, 1.54) is 36.4 Å². The Morgan fingerprint density at radius 1 is 0.926 bits per heavy atom. The number of hydrogen-bond donors (Lipinski definition) is 3. The molecule has 2 aromatic carbocycles. The van der Waals surface area contributed by atoms with Crippen LogP contribution >= 0.6 is 0 Å². The van der Waals surface area contributed by atoms with Crippen LogP contribution in [-0.4, -0.2) is 22.9 Å². The van der Waals surface area contributed by atoms with E-state index in [-0.39, 0.29) is 11.3 Å². The van der Waals surface area contributed by atoms with Gasteiger partial charge < -0.3 is 15.7 Å². The predicted octanol–water partition coefficient (Wildman–Crippen LogP) is 3.54. The van der Waals surface area contributed by atoms with Gasteiger partial charge in [0.1, 0.15) is 0 Å². The molecule has 2 rings (SSSR count). The van der Waals surface area contributed by atoms with Gasteiger partial charge in [0.05, 0.1) is 11.3 Å². The van der Waals surface area contributed by atoms with Crippen LogP contribution in [0.2, 0.25) is 0 Å². The molecule has 3 N–H and O–H groups in total. The molecule has 6 nitrogen and oxygen atoms in total. The normalized spacial score (nSPS) is 11.2. The summed E-state index contributed by atoms with van der Waals surface area (Å²) in [7, 11) is 0. The van der Waals surface area contributed by atoms with Crippen molar-refractivity contribution in [1.29, 1.82) is 0 Å². The summed E-state index contributed by atoms with van der Waals surface area (Å²) < 4.78 is 39.0. The molecule has 0 heterocycles. The van der Waals surface area contributed by atoms with E-state index in [1.54, 1.807) is 0 Å². The zero-order chi connectivity index (χ0) is 20.0. The van der Waals surface area contributed by atoms with Crippen molar-refractivity contribution >= 4 is 29.2 Å². The number of nitrogens with one attached hydrogen (secondary N) is 2. The first-order chi connectivity index (χ1) is 12.7. The van der Waals surface area contributed by atoms with Crippen molar-refractivity contribution in [2.75, 3.05) is 10.6 Å². The molecule has 0 aromatic heterocycles. The Labute approximate surface area is 151 Å². The number of aliphatic carboxylic acids is 1. The molecule has 0 aliphatic heterocycles. The van der Waals surface area contributed by atoms with Gasteiger partial charge in [0.25, 0.3) is 5.91 Å². The Morgan fingerprint density at radius 3 is 2.30 bits per heavy atom. The number of halogens is 3. The molecule has 0 radical (unpaired) electrons. The average molecular weight is 378 g/mol. The molecule has 0 fully saturated rings. The summed E-state index contributed by atoms with van der Waals surface area (Å²) in [4.78, 5) is 34.2. The van der Waals surface area contributed by atoms with Crippen molar-refractivity contribution in [3.63, 3.8) is 0 Å². The van der Waals surface area contributed by atoms with Crippen LogP contribution in [0.4, 0.5) is 24.5 Å². The molecule has 0 aliphatic rings. The highest BCUT2D eigenvalue weighted by Gasteiger charge is 2.33. The zero-order valence-corrected chi connectivity index (χ0v) is 13.6. The topological polar surface area (TPSA) is 95.5 Å². The van der Waals surface area contributed by atoms with Gasteiger partial charge in [-0.15, -0.1) is 0 Å². The number of hydrogen-bond acceptors (Lipinski definition) is 3. The minimum atomic E-state index is -4.63. The number of para-hydroxylation sites is 1. The van der Waals surface area contributed by atoms with Crippen LogP contribution in [0.25, 0.3) is 0 Å². The number of carboxylic acid groups (broad SMARTS) is 1. The van der Waals surface area contributed by atoms with Crippen LogP contribution in [0.5, 0.6) is 0 Å². The van der Waals surface area contributed by atoms with Gasteiger partial charge in [-0.1, -0.05) is 18.2 Å². The second-order valence-corrected chi connectivity index (χ2v) is 5.24. The van der Waals surface area contributed by atoms with Gasteiger partial charge in [-0.2, -0.15) is 13.2 Å². The Kier molecular flexibility index (Phi) is 5.96. The van der Waals surface area contributed by atoms with Crippen LogP contribution in [-0.2, 0) is 15.8 Å². The van der Waals surface area contributed by atoms with Gasteiger partial charge in [0, 0.05) is 23.4 Å². The minimum Gasteiger partial charge on any atom is -0.478 e. The maximum atomic E-state index is 13.0. The summed E-state index contributed by atoms with van der Waals surface area (Å²) in [5, 5.41) is 13.0. The summed E-state index contributed by atoms with van der Waals surface area (Å²) >= 11 is 0. The number of amides is 2. The number of rotatable bonds is 5. The third kappa shape index (κ3) is 5.70. The Hall–Kier alpha value is -3.62. The van der Waals surface area contributed by atoms with Crippen LogP contribution in [0.3, 0.4) is 0 Å². The minimum absolute atomic E-state index is 0.00647. The summed E-state index contributed by atoms with van der Waals surface area (Å²) in [5.41, 5.74) is -1.20. The average Bonchev–Trinajstić information content (AvgIpc) is 2.59. The molecular formula is C18H13F3N2O4. The molecule has 0 unspecified atom stereocenters. The van der Waals surface area contributed by atoms with Crippen molar-refractivity contribution in [2.24, 2.45) is 0 Å². The molecule has 27 heavy (non-hydrogen) atoms. The van der Waals surface area contributed by atoms with Crippen LogP contribution in [0.1, 0.15) is 15.9 Å². The standard InChI is InChI=1S/C18H13F3N2O4/c19-18(20,21)13-6-1-2-7-14(13)23-17(27)11-4-3-5-12(10-11)22-15(24)8-9-16(25)26/h1-10H,(H,22,24)(H,23,27)(H,25,26). The number of carbonyl (C=O) groups excluding carboxylic acids is 2. The highest BCUT2D eigenvalue weighted by molar-refractivity contribution is 6.06. The van der Waals surface area contributed by atoms with Crippen molar-refractivity contribution in [3.05, 3.63) is 71.8 Å². The lowest BCUT2D eigenvalue weighted by molar-refractivity contribution is -0.137. The van der Waals surface area contributed by atoms with E-state index in [1.807, 2.05) is 0 Å². The van der Waals surface area contributed by atoms with Gasteiger partial charge in [-0.3, -0.25) is 9.59 Å². The molecule has 140 valence electrons. The molecule has 0 saturated heterocycles. The number of alkyl halides is 3. The molecule has 2 aromatic rings. The van der Waals surface area contributed by atoms with Gasteiger partial charge in [0.15, 0.2) is 0 Å². The lowest BCUT2D eigenvalue weighted by Crippen LogP contribution is -2.17. The SMILES string of the molecule is O=C(O)C=CC(=O)Nc1cccc(C(=O)Nc2ccccc2C(F)(F)F)c1. The molecule has 0 spiro atoms. The molecule has 0 saturated carbocycles. The third-order valence-electron chi connectivity index (χ3n) is 3.25. The Morgan fingerprint density at radius 2 is 1.63 bits per heavy atom. The van der Waals surface area contributed by atoms with E-state index in [4.69, 9.17) is 5.11 Å². The quantitative estimate of drug-likeness (QED) is 0.694. The zero-order valence-electron chi connectivity index (χ0n) is 13.6. The first-order valence-electron chi connectivity index (χ1n) is 7.46. The lowest BCUT2D eigenvalue weighted by atomic mass is 10.1. The number of anilines is 2. The fourth-order valence-corrected chi connectivity index (χ4v) is 2.10. The molecular weight excluding hydrogens is 365 g/mol. The third-order valence-corrected chi connectivity index (χ3v) is 3.25. The molecule has 0 atom stereocenters. The molecule has 2 amide bonds. The maximum absolute atomic E-state index is 13.0. The van der Waals surface area contributed by atoms with Crippen LogP contribution < -0.4 is 10.6 Å². The Balaban J connectivity index is 2.17. The van der Waals surface area contributed by atoms with E-state index in [0.717, 1.165) is 18.2 Å². The summed E-state index contributed by atoms with van der Waals surface area (Å²) in [6, 6.07) is 10.0. The van der Waals surface area contributed by atoms with E-state index in [0.29, 0.717) is 6.08 Å². The largest absolute Gasteiger partial charge is 0.478 e. The molecule has 0 aliphatic carbocycles. The summed E-state index contributed by atoms with van der Waals surface area (Å²) in [6.07, 6.45) is -3.20. The summed E-state index contributed by atoms with van der Waals surface area (Å²) in [5.74, 6) is -2.84. The Bertz CT molecular complexity index is 907. The monoisotopic (exact) mass is 378 g/mol. The van der Waals surface area contributed by atoms with Crippen molar-refractivity contribution in [2.45, 2.75) is 6.18 Å². The fourth-order valence-electron chi connectivity index (χ4n) is 2.10. The van der Waals surface area contributed by atoms with E-state index in [9.17, 15) is 27.6 Å². The number of carboxylic acids is 1. The van der Waals surface area contributed by atoms with Gasteiger partial charge >= 0.3 is 12.1 Å². The number of benzene rings is 2. The summed E-state index contributed by atoms with van der Waals surface area (Å²) in [6.45, 7) is 0. The highest BCUT2D eigenvalue weighted by Crippen LogP contribution is 2.34. The van der Waals surface area contributed by atoms with Crippen molar-refractivity contribution in [3.8, 4) is 0 Å². The smallest absolute Gasteiger partial charge is 0.418 e. The molecule has 9 heteroatoms. The van der Waals surface area contributed by atoms with Gasteiger partial charge in [-0.05, 0) is 30.3 Å². The van der Waals surface area contributed by atoms with Gasteiger partial charge in [-0.25, -0.2) is 4.79 Å².